The molecule has 1 heterocycles. The second-order valence-corrected chi connectivity index (χ2v) is 7.20. The Morgan fingerprint density at radius 2 is 1.29 bits per heavy atom. The van der Waals surface area contributed by atoms with E-state index in [0.29, 0.717) is 0 Å². The van der Waals surface area contributed by atoms with Crippen LogP contribution in [-0.4, -0.2) is 95.2 Å². The summed E-state index contributed by atoms with van der Waals surface area (Å²) in [5.41, 5.74) is -0.993. The van der Waals surface area contributed by atoms with E-state index in [0.717, 1.165) is 24.3 Å². The van der Waals surface area contributed by atoms with Crippen molar-refractivity contribution in [1.82, 2.24) is 0 Å². The van der Waals surface area contributed by atoms with Crippen LogP contribution in [0.2, 0.25) is 0 Å². The van der Waals surface area contributed by atoms with E-state index in [4.69, 9.17) is 14.2 Å². The van der Waals surface area contributed by atoms with Gasteiger partial charge in [-0.2, -0.15) is 0 Å². The average Bonchev–Trinajstić information content (AvgIpc) is 2.80. The maximum Gasteiger partial charge on any atom is 0.343 e. The zero-order chi connectivity index (χ0) is 25.3. The molecule has 14 heteroatoms. The van der Waals surface area contributed by atoms with Crippen molar-refractivity contribution in [3.8, 4) is 34.5 Å². The van der Waals surface area contributed by atoms with Gasteiger partial charge in [-0.25, -0.2) is 9.59 Å². The lowest BCUT2D eigenvalue weighted by Crippen LogP contribution is -2.59. The molecule has 1 aliphatic rings. The van der Waals surface area contributed by atoms with Gasteiger partial charge in [0.2, 0.25) is 12.0 Å². The first-order valence-electron chi connectivity index (χ1n) is 9.49. The number of carbonyl (C=O) groups is 2. The molecule has 0 spiro atoms. The van der Waals surface area contributed by atoms with Crippen molar-refractivity contribution in [2.75, 3.05) is 6.61 Å². The predicted octanol–water partition coefficient (Wildman–Crippen LogP) is -1.61. The average molecular weight is 484 g/mol. The van der Waals surface area contributed by atoms with Crippen LogP contribution in [0.4, 0.5) is 0 Å². The summed E-state index contributed by atoms with van der Waals surface area (Å²) in [7, 11) is 0. The quantitative estimate of drug-likeness (QED) is 0.132. The van der Waals surface area contributed by atoms with E-state index in [9.17, 15) is 55.5 Å². The van der Waals surface area contributed by atoms with Gasteiger partial charge in [0, 0.05) is 0 Å². The highest BCUT2D eigenvalue weighted by molar-refractivity contribution is 5.94. The number of carbonyl (C=O) groups excluding carboxylic acids is 2. The highest BCUT2D eigenvalue weighted by Crippen LogP contribution is 2.39. The van der Waals surface area contributed by atoms with Gasteiger partial charge in [0.05, 0.1) is 17.7 Å². The van der Waals surface area contributed by atoms with Crippen LogP contribution < -0.4 is 4.74 Å². The van der Waals surface area contributed by atoms with E-state index in [1.165, 1.54) is 0 Å². The molecule has 184 valence electrons. The Balaban J connectivity index is 1.82. The van der Waals surface area contributed by atoms with E-state index in [1.54, 1.807) is 0 Å². The summed E-state index contributed by atoms with van der Waals surface area (Å²) in [5, 5.41) is 87.0. The molecular formula is C20H20O14. The van der Waals surface area contributed by atoms with Crippen molar-refractivity contribution in [2.45, 2.75) is 30.7 Å². The summed E-state index contributed by atoms with van der Waals surface area (Å²) >= 11 is 0. The standard InChI is InChI=1S/C20H20O14/c21-5-12-15(27)16(28)17(29)20(33-12)34-19(31)7-3-10(24)14(26)11(4-7)32-18(30)6-1-8(22)13(25)9(23)2-6/h1-4,12,15-17,20-29H,5H2. The second kappa shape index (κ2) is 9.58. The zero-order valence-electron chi connectivity index (χ0n) is 17.0. The molecule has 14 nitrogen and oxygen atoms in total. The number of aromatic hydroxyl groups is 5. The summed E-state index contributed by atoms with van der Waals surface area (Å²) in [4.78, 5) is 24.8. The Morgan fingerprint density at radius 1 is 0.765 bits per heavy atom. The first-order valence-corrected chi connectivity index (χ1v) is 9.49. The highest BCUT2D eigenvalue weighted by atomic mass is 16.7. The lowest BCUT2D eigenvalue weighted by atomic mass is 9.99. The monoisotopic (exact) mass is 484 g/mol. The smallest absolute Gasteiger partial charge is 0.343 e. The zero-order valence-corrected chi connectivity index (χ0v) is 17.0. The molecular weight excluding hydrogens is 464 g/mol. The molecule has 34 heavy (non-hydrogen) atoms. The number of phenols is 5. The fourth-order valence-corrected chi connectivity index (χ4v) is 3.01. The maximum atomic E-state index is 12.5. The molecule has 0 aromatic heterocycles. The second-order valence-electron chi connectivity index (χ2n) is 7.20. The van der Waals surface area contributed by atoms with Crippen LogP contribution in [0.25, 0.3) is 0 Å². The van der Waals surface area contributed by atoms with Gasteiger partial charge in [-0.05, 0) is 24.3 Å². The molecule has 9 N–H and O–H groups in total. The van der Waals surface area contributed by atoms with Gasteiger partial charge in [-0.1, -0.05) is 0 Å². The summed E-state index contributed by atoms with van der Waals surface area (Å²) in [6, 6.07) is 2.97. The number of aliphatic hydroxyl groups excluding tert-OH is 4. The topological polar surface area (TPSA) is 244 Å². The molecule has 0 bridgehead atoms. The summed E-state index contributed by atoms with van der Waals surface area (Å²) in [6.45, 7) is -0.776. The summed E-state index contributed by atoms with van der Waals surface area (Å²) in [5.74, 6) is -7.82. The van der Waals surface area contributed by atoms with Crippen molar-refractivity contribution < 1.29 is 69.8 Å². The number of aliphatic hydroxyl groups is 4. The number of hydrogen-bond donors (Lipinski definition) is 9. The van der Waals surface area contributed by atoms with E-state index in [2.05, 4.69) is 0 Å². The number of hydrogen-bond acceptors (Lipinski definition) is 14. The third kappa shape index (κ3) is 4.75. The van der Waals surface area contributed by atoms with Crippen molar-refractivity contribution in [2.24, 2.45) is 0 Å². The molecule has 0 aliphatic carbocycles. The van der Waals surface area contributed by atoms with Crippen molar-refractivity contribution >= 4 is 11.9 Å². The van der Waals surface area contributed by atoms with Crippen LogP contribution in [-0.2, 0) is 9.47 Å². The third-order valence-electron chi connectivity index (χ3n) is 4.87. The molecule has 0 saturated carbocycles. The van der Waals surface area contributed by atoms with E-state index in [1.807, 2.05) is 0 Å². The Labute approximate surface area is 189 Å². The van der Waals surface area contributed by atoms with Gasteiger partial charge in [-0.15, -0.1) is 0 Å². The van der Waals surface area contributed by atoms with Crippen molar-refractivity contribution in [3.63, 3.8) is 0 Å². The van der Waals surface area contributed by atoms with E-state index < -0.39 is 94.9 Å². The SMILES string of the molecule is O=C(Oc1cc(C(=O)OC2OC(CO)C(O)C(O)C2O)cc(O)c1O)c1cc(O)c(O)c(O)c1. The maximum absolute atomic E-state index is 12.5. The van der Waals surface area contributed by atoms with E-state index in [-0.39, 0.29) is 0 Å². The minimum Gasteiger partial charge on any atom is -0.504 e. The molecule has 5 unspecified atom stereocenters. The lowest BCUT2D eigenvalue weighted by Gasteiger charge is -2.39. The van der Waals surface area contributed by atoms with Crippen LogP contribution in [0.1, 0.15) is 20.7 Å². The number of rotatable bonds is 5. The summed E-state index contributed by atoms with van der Waals surface area (Å²) in [6.07, 6.45) is -8.63. The Morgan fingerprint density at radius 3 is 1.85 bits per heavy atom. The molecule has 1 fully saturated rings. The van der Waals surface area contributed by atoms with Gasteiger partial charge >= 0.3 is 11.9 Å². The fraction of sp³-hybridized carbons (Fsp3) is 0.300. The van der Waals surface area contributed by atoms with Gasteiger partial charge in [0.25, 0.3) is 0 Å². The Hall–Kier alpha value is -3.82. The molecule has 2 aromatic carbocycles. The van der Waals surface area contributed by atoms with E-state index >= 15 is 0 Å². The summed E-state index contributed by atoms with van der Waals surface area (Å²) < 4.78 is 14.8. The first kappa shape index (κ1) is 24.8. The number of ether oxygens (including phenoxy) is 3. The molecule has 1 aliphatic heterocycles. The molecule has 0 radical (unpaired) electrons. The van der Waals surface area contributed by atoms with Crippen molar-refractivity contribution in [3.05, 3.63) is 35.4 Å². The number of benzene rings is 2. The molecule has 5 atom stereocenters. The highest BCUT2D eigenvalue weighted by Gasteiger charge is 2.45. The molecule has 1 saturated heterocycles. The fourth-order valence-electron chi connectivity index (χ4n) is 3.01. The largest absolute Gasteiger partial charge is 0.504 e. The van der Waals surface area contributed by atoms with Gasteiger partial charge in [0.1, 0.15) is 24.4 Å². The molecule has 2 aromatic rings. The van der Waals surface area contributed by atoms with Crippen molar-refractivity contribution in [1.29, 1.82) is 0 Å². The van der Waals surface area contributed by atoms with Gasteiger partial charge in [0.15, 0.2) is 28.7 Å². The van der Waals surface area contributed by atoms with Crippen LogP contribution in [0.5, 0.6) is 34.5 Å². The third-order valence-corrected chi connectivity index (χ3v) is 4.87. The molecule has 0 amide bonds. The number of esters is 2. The van der Waals surface area contributed by atoms with Gasteiger partial charge in [-0.3, -0.25) is 0 Å². The van der Waals surface area contributed by atoms with Crippen LogP contribution >= 0.6 is 0 Å². The van der Waals surface area contributed by atoms with Gasteiger partial charge < -0.3 is 60.2 Å². The lowest BCUT2D eigenvalue weighted by molar-refractivity contribution is -0.285. The van der Waals surface area contributed by atoms with Crippen LogP contribution in [0.15, 0.2) is 24.3 Å². The van der Waals surface area contributed by atoms with Crippen LogP contribution in [0, 0.1) is 0 Å². The first-order chi connectivity index (χ1) is 15.9. The Bertz CT molecular complexity index is 1070. The normalized spacial score (nSPS) is 24.4. The minimum absolute atomic E-state index is 0.471. The Kier molecular flexibility index (Phi) is 6.99. The number of phenolic OH excluding ortho intramolecular Hbond substituents is 5. The minimum atomic E-state index is -1.90. The van der Waals surface area contributed by atoms with Crippen LogP contribution in [0.3, 0.4) is 0 Å². The predicted molar refractivity (Wildman–Crippen MR) is 105 cm³/mol. The molecule has 3 rings (SSSR count).